The molecule has 2 heterocycles. The fourth-order valence-electron chi connectivity index (χ4n) is 3.23. The summed E-state index contributed by atoms with van der Waals surface area (Å²) in [5.74, 6) is 1.79. The number of anilines is 1. The first-order chi connectivity index (χ1) is 15.0. The summed E-state index contributed by atoms with van der Waals surface area (Å²) in [5.41, 5.74) is 5.11. The molecule has 0 saturated carbocycles. The third-order valence-corrected chi connectivity index (χ3v) is 8.31. The number of ketones is 1. The van der Waals surface area contributed by atoms with Gasteiger partial charge >= 0.3 is 0 Å². The first-order valence-corrected chi connectivity index (χ1v) is 12.9. The van der Waals surface area contributed by atoms with Crippen molar-refractivity contribution in [3.05, 3.63) is 64.7 Å². The van der Waals surface area contributed by atoms with Crippen molar-refractivity contribution in [1.82, 2.24) is 10.2 Å². The molecule has 0 unspecified atom stereocenters. The number of hydrogen-bond acceptors (Lipinski definition) is 7. The van der Waals surface area contributed by atoms with Crippen LogP contribution in [0.5, 0.6) is 0 Å². The van der Waals surface area contributed by atoms with Gasteiger partial charge in [0.25, 0.3) is 0 Å². The van der Waals surface area contributed by atoms with Crippen molar-refractivity contribution < 1.29 is 9.59 Å². The van der Waals surface area contributed by atoms with E-state index in [1.807, 2.05) is 12.1 Å². The lowest BCUT2D eigenvalue weighted by Crippen LogP contribution is -2.19. The number of amides is 1. The molecular formula is C23H23N3O2S3. The lowest BCUT2D eigenvalue weighted by molar-refractivity contribution is -0.116. The highest BCUT2D eigenvalue weighted by atomic mass is 32.2. The molecule has 160 valence electrons. The topological polar surface area (TPSA) is 72.0 Å². The molecule has 1 aliphatic rings. The Bertz CT molecular complexity index is 1090. The summed E-state index contributed by atoms with van der Waals surface area (Å²) in [4.78, 5) is 24.1. The summed E-state index contributed by atoms with van der Waals surface area (Å²) in [6.45, 7) is 4.39. The Morgan fingerprint density at radius 2 is 1.81 bits per heavy atom. The molecular weight excluding hydrogens is 446 g/mol. The van der Waals surface area contributed by atoms with Crippen LogP contribution in [0.1, 0.15) is 53.2 Å². The first kappa shape index (κ1) is 22.0. The summed E-state index contributed by atoms with van der Waals surface area (Å²) >= 11 is 4.61. The van der Waals surface area contributed by atoms with Gasteiger partial charge in [0, 0.05) is 23.4 Å². The van der Waals surface area contributed by atoms with Crippen LogP contribution in [0.3, 0.4) is 0 Å². The first-order valence-electron chi connectivity index (χ1n) is 10.1. The van der Waals surface area contributed by atoms with Gasteiger partial charge in [-0.2, -0.15) is 0 Å². The Kier molecular flexibility index (Phi) is 7.09. The van der Waals surface area contributed by atoms with E-state index in [0.29, 0.717) is 30.1 Å². The summed E-state index contributed by atoms with van der Waals surface area (Å²) in [5, 5.41) is 11.3. The van der Waals surface area contributed by atoms with E-state index in [0.717, 1.165) is 25.7 Å². The highest BCUT2D eigenvalue weighted by Gasteiger charge is 2.17. The number of Topliss-reactive ketones (excluding diaryl/α,β-unsaturated/α-hetero) is 1. The molecule has 0 fully saturated rings. The number of nitrogens with zero attached hydrogens (tertiary/aromatic N) is 2. The van der Waals surface area contributed by atoms with Crippen molar-refractivity contribution in [2.24, 2.45) is 0 Å². The van der Waals surface area contributed by atoms with Gasteiger partial charge in [0.1, 0.15) is 0 Å². The number of carbonyl (C=O) groups is 2. The number of aromatic nitrogens is 2. The second kappa shape index (κ2) is 9.97. The molecule has 8 heteroatoms. The summed E-state index contributed by atoms with van der Waals surface area (Å²) in [6, 6.07) is 14.2. The van der Waals surface area contributed by atoms with Crippen molar-refractivity contribution >= 4 is 52.2 Å². The number of thioether (sulfide) groups is 2. The van der Waals surface area contributed by atoms with E-state index in [1.54, 1.807) is 17.8 Å². The Morgan fingerprint density at radius 3 is 2.55 bits per heavy atom. The zero-order valence-electron chi connectivity index (χ0n) is 17.4. The highest BCUT2D eigenvalue weighted by Crippen LogP contribution is 2.32. The molecule has 2 aromatic carbocycles. The van der Waals surface area contributed by atoms with Crippen LogP contribution >= 0.6 is 34.9 Å². The van der Waals surface area contributed by atoms with E-state index in [4.69, 9.17) is 0 Å². The molecule has 0 spiro atoms. The summed E-state index contributed by atoms with van der Waals surface area (Å²) in [7, 11) is 0. The van der Waals surface area contributed by atoms with Crippen LogP contribution in [0, 0.1) is 0 Å². The van der Waals surface area contributed by atoms with Crippen molar-refractivity contribution in [2.75, 3.05) is 11.1 Å². The van der Waals surface area contributed by atoms with E-state index >= 15 is 0 Å². The molecule has 0 saturated heterocycles. The SMILES string of the molecule is CC(C)c1ccc(CSc2nnc(SCC(=O)c3ccc4c(c3)CCC(=O)N4)s2)cc1. The number of aryl methyl sites for hydroxylation is 1. The maximum Gasteiger partial charge on any atom is 0.224 e. The lowest BCUT2D eigenvalue weighted by atomic mass is 9.99. The number of nitrogens with one attached hydrogen (secondary N) is 1. The summed E-state index contributed by atoms with van der Waals surface area (Å²) < 4.78 is 1.71. The minimum atomic E-state index is 0.0275. The van der Waals surface area contributed by atoms with Gasteiger partial charge in [-0.3, -0.25) is 9.59 Å². The molecule has 3 aromatic rings. The van der Waals surface area contributed by atoms with E-state index in [1.165, 1.54) is 34.2 Å². The maximum absolute atomic E-state index is 12.6. The molecule has 1 N–H and O–H groups in total. The molecule has 1 aromatic heterocycles. The van der Waals surface area contributed by atoms with Crippen molar-refractivity contribution in [3.63, 3.8) is 0 Å². The number of fused-ring (bicyclic) bond motifs is 1. The highest BCUT2D eigenvalue weighted by molar-refractivity contribution is 8.03. The number of rotatable bonds is 8. The van der Waals surface area contributed by atoms with Gasteiger partial charge in [0.2, 0.25) is 5.91 Å². The lowest BCUT2D eigenvalue weighted by Gasteiger charge is -2.17. The molecule has 1 amide bonds. The Balaban J connectivity index is 1.29. The average Bonchev–Trinajstić information content (AvgIpc) is 3.24. The number of benzene rings is 2. The van der Waals surface area contributed by atoms with Crippen LogP contribution < -0.4 is 5.32 Å². The Labute approximate surface area is 194 Å². The molecule has 31 heavy (non-hydrogen) atoms. The smallest absolute Gasteiger partial charge is 0.224 e. The third-order valence-electron chi connectivity index (χ3n) is 5.05. The van der Waals surface area contributed by atoms with Gasteiger partial charge < -0.3 is 5.32 Å². The van der Waals surface area contributed by atoms with Crippen molar-refractivity contribution in [2.45, 2.75) is 47.0 Å². The van der Waals surface area contributed by atoms with Crippen molar-refractivity contribution in [1.29, 1.82) is 0 Å². The molecule has 0 bridgehead atoms. The Morgan fingerprint density at radius 1 is 1.06 bits per heavy atom. The van der Waals surface area contributed by atoms with Gasteiger partial charge in [-0.15, -0.1) is 10.2 Å². The second-order valence-corrected chi connectivity index (χ2v) is 11.1. The van der Waals surface area contributed by atoms with Crippen LogP contribution in [0.15, 0.2) is 51.1 Å². The van der Waals surface area contributed by atoms with Gasteiger partial charge in [-0.1, -0.05) is 73.0 Å². The molecule has 0 aliphatic carbocycles. The van der Waals surface area contributed by atoms with Crippen LogP contribution in [-0.2, 0) is 17.0 Å². The zero-order valence-corrected chi connectivity index (χ0v) is 19.8. The standard InChI is InChI=1S/C23H23N3O2S3/c1-14(2)16-5-3-15(4-6-16)12-29-22-25-26-23(31-22)30-13-20(27)18-7-9-19-17(11-18)8-10-21(28)24-19/h3-7,9,11,14H,8,10,12-13H2,1-2H3,(H,24,28). The van der Waals surface area contributed by atoms with Gasteiger partial charge in [-0.25, -0.2) is 0 Å². The van der Waals surface area contributed by atoms with Gasteiger partial charge in [-0.05, 0) is 47.2 Å². The Hall–Kier alpha value is -2.16. The van der Waals surface area contributed by atoms with Crippen LogP contribution in [-0.4, -0.2) is 27.6 Å². The normalized spacial score (nSPS) is 13.2. The fraction of sp³-hybridized carbons (Fsp3) is 0.304. The van der Waals surface area contributed by atoms with Crippen LogP contribution in [0.2, 0.25) is 0 Å². The largest absolute Gasteiger partial charge is 0.326 e. The van der Waals surface area contributed by atoms with Crippen molar-refractivity contribution in [3.8, 4) is 0 Å². The van der Waals surface area contributed by atoms with E-state index in [9.17, 15) is 9.59 Å². The number of hydrogen-bond donors (Lipinski definition) is 1. The minimum absolute atomic E-state index is 0.0275. The molecule has 4 rings (SSSR count). The summed E-state index contributed by atoms with van der Waals surface area (Å²) in [6.07, 6.45) is 1.14. The van der Waals surface area contributed by atoms with E-state index < -0.39 is 0 Å². The van der Waals surface area contributed by atoms with Gasteiger partial charge in [0.05, 0.1) is 5.75 Å². The minimum Gasteiger partial charge on any atom is -0.326 e. The average molecular weight is 470 g/mol. The quantitative estimate of drug-likeness (QED) is 0.331. The second-order valence-electron chi connectivity index (χ2n) is 7.65. The zero-order chi connectivity index (χ0) is 21.8. The van der Waals surface area contributed by atoms with Crippen LogP contribution in [0.4, 0.5) is 5.69 Å². The molecule has 5 nitrogen and oxygen atoms in total. The molecule has 0 radical (unpaired) electrons. The van der Waals surface area contributed by atoms with E-state index in [2.05, 4.69) is 53.6 Å². The van der Waals surface area contributed by atoms with E-state index in [-0.39, 0.29) is 11.7 Å². The monoisotopic (exact) mass is 469 g/mol. The predicted molar refractivity (Wildman–Crippen MR) is 128 cm³/mol. The van der Waals surface area contributed by atoms with Crippen LogP contribution in [0.25, 0.3) is 0 Å². The fourth-order valence-corrected chi connectivity index (χ4v) is 6.10. The predicted octanol–water partition coefficient (Wildman–Crippen LogP) is 5.81. The molecule has 1 aliphatic heterocycles. The molecule has 0 atom stereocenters. The maximum atomic E-state index is 12.6. The third kappa shape index (κ3) is 5.75. The number of carbonyl (C=O) groups excluding carboxylic acids is 2. The van der Waals surface area contributed by atoms with Gasteiger partial charge in [0.15, 0.2) is 14.5 Å².